The molecule has 0 unspecified atom stereocenters. The molecule has 2 heterocycles. The Kier molecular flexibility index (Phi) is 5.03. The SMILES string of the molecule is COc1cccc([C@@H]2CC(=O)C[C@H](c3ccco3)C23C(=O)OC(C)(C)OC3=O)c1OC. The minimum Gasteiger partial charge on any atom is -0.493 e. The van der Waals surface area contributed by atoms with Gasteiger partial charge in [-0.05, 0) is 18.2 Å². The van der Waals surface area contributed by atoms with Crippen molar-refractivity contribution in [3.8, 4) is 11.5 Å². The van der Waals surface area contributed by atoms with Crippen LogP contribution in [0.2, 0.25) is 0 Å². The Bertz CT molecular complexity index is 1000. The summed E-state index contributed by atoms with van der Waals surface area (Å²) in [6.07, 6.45) is 1.32. The number of carbonyl (C=O) groups excluding carboxylic acids is 3. The predicted octanol–water partition coefficient (Wildman–Crippen LogP) is 3.35. The lowest BCUT2D eigenvalue weighted by Gasteiger charge is -2.49. The van der Waals surface area contributed by atoms with Crippen LogP contribution in [-0.4, -0.2) is 37.7 Å². The van der Waals surface area contributed by atoms with Gasteiger partial charge in [-0.3, -0.25) is 14.4 Å². The summed E-state index contributed by atoms with van der Waals surface area (Å²) in [5.41, 5.74) is -1.33. The second-order valence-electron chi connectivity index (χ2n) is 8.20. The van der Waals surface area contributed by atoms with Gasteiger partial charge in [0.2, 0.25) is 0 Å². The third-order valence-corrected chi connectivity index (χ3v) is 6.01. The van der Waals surface area contributed by atoms with Crippen molar-refractivity contribution >= 4 is 17.7 Å². The first kappa shape index (κ1) is 21.0. The van der Waals surface area contributed by atoms with E-state index in [0.717, 1.165) is 0 Å². The fraction of sp³-hybridized carbons (Fsp3) is 0.435. The van der Waals surface area contributed by atoms with Crippen molar-refractivity contribution in [1.29, 1.82) is 0 Å². The molecule has 1 aromatic carbocycles. The molecule has 4 rings (SSSR count). The second-order valence-corrected chi connectivity index (χ2v) is 8.20. The average molecular weight is 428 g/mol. The molecule has 8 heteroatoms. The summed E-state index contributed by atoms with van der Waals surface area (Å²) in [7, 11) is 2.95. The summed E-state index contributed by atoms with van der Waals surface area (Å²) < 4.78 is 27.7. The first-order valence-electron chi connectivity index (χ1n) is 9.97. The first-order valence-corrected chi connectivity index (χ1v) is 9.97. The van der Waals surface area contributed by atoms with Crippen molar-refractivity contribution in [2.24, 2.45) is 5.41 Å². The maximum absolute atomic E-state index is 13.6. The van der Waals surface area contributed by atoms with Crippen LogP contribution in [0.25, 0.3) is 0 Å². The Hall–Kier alpha value is -3.29. The summed E-state index contributed by atoms with van der Waals surface area (Å²) >= 11 is 0. The topological polar surface area (TPSA) is 101 Å². The van der Waals surface area contributed by atoms with E-state index in [-0.39, 0.29) is 18.6 Å². The molecule has 1 aliphatic carbocycles. The van der Waals surface area contributed by atoms with E-state index in [1.165, 1.54) is 34.3 Å². The normalized spacial score (nSPS) is 24.5. The van der Waals surface area contributed by atoms with E-state index in [2.05, 4.69) is 0 Å². The summed E-state index contributed by atoms with van der Waals surface area (Å²) in [5, 5.41) is 0. The summed E-state index contributed by atoms with van der Waals surface area (Å²) in [4.78, 5) is 40.1. The van der Waals surface area contributed by atoms with E-state index in [4.69, 9.17) is 23.4 Å². The molecular weight excluding hydrogens is 404 g/mol. The van der Waals surface area contributed by atoms with Crippen molar-refractivity contribution < 1.29 is 37.7 Å². The Morgan fingerprint density at radius 3 is 2.16 bits per heavy atom. The number of esters is 2. The number of ketones is 1. The quantitative estimate of drug-likeness (QED) is 0.540. The lowest BCUT2D eigenvalue weighted by atomic mass is 9.56. The van der Waals surface area contributed by atoms with Crippen LogP contribution in [-0.2, 0) is 23.9 Å². The van der Waals surface area contributed by atoms with Crippen LogP contribution in [0.3, 0.4) is 0 Å². The molecule has 2 aliphatic rings. The number of carbonyl (C=O) groups is 3. The lowest BCUT2D eigenvalue weighted by Crippen LogP contribution is -2.61. The van der Waals surface area contributed by atoms with Gasteiger partial charge in [-0.2, -0.15) is 0 Å². The molecule has 1 saturated carbocycles. The molecule has 164 valence electrons. The second kappa shape index (κ2) is 7.44. The first-order chi connectivity index (χ1) is 14.7. The van der Waals surface area contributed by atoms with E-state index >= 15 is 0 Å². The highest BCUT2D eigenvalue weighted by molar-refractivity contribution is 6.06. The number of rotatable bonds is 4. The van der Waals surface area contributed by atoms with Gasteiger partial charge in [0.1, 0.15) is 11.5 Å². The third kappa shape index (κ3) is 3.17. The van der Waals surface area contributed by atoms with Gasteiger partial charge >= 0.3 is 11.9 Å². The highest BCUT2D eigenvalue weighted by Gasteiger charge is 2.68. The number of para-hydroxylation sites is 1. The highest BCUT2D eigenvalue weighted by atomic mass is 16.7. The molecule has 0 amide bonds. The van der Waals surface area contributed by atoms with Gasteiger partial charge in [0.15, 0.2) is 16.9 Å². The molecule has 0 bridgehead atoms. The minimum absolute atomic E-state index is 0.0546. The van der Waals surface area contributed by atoms with Crippen LogP contribution < -0.4 is 9.47 Å². The monoisotopic (exact) mass is 428 g/mol. The van der Waals surface area contributed by atoms with Crippen molar-refractivity contribution in [3.63, 3.8) is 0 Å². The van der Waals surface area contributed by atoms with Gasteiger partial charge < -0.3 is 23.4 Å². The van der Waals surface area contributed by atoms with Gasteiger partial charge in [-0.1, -0.05) is 12.1 Å². The molecule has 0 radical (unpaired) electrons. The smallest absolute Gasteiger partial charge is 0.328 e. The van der Waals surface area contributed by atoms with Crippen molar-refractivity contribution in [2.75, 3.05) is 14.2 Å². The van der Waals surface area contributed by atoms with Crippen LogP contribution in [0, 0.1) is 5.41 Å². The summed E-state index contributed by atoms with van der Waals surface area (Å²) in [6.45, 7) is 2.99. The van der Waals surface area contributed by atoms with Gasteiger partial charge in [-0.25, -0.2) is 0 Å². The zero-order valence-corrected chi connectivity index (χ0v) is 17.8. The molecule has 1 saturated heterocycles. The molecule has 2 atom stereocenters. The molecule has 2 aromatic rings. The Morgan fingerprint density at radius 1 is 0.903 bits per heavy atom. The van der Waals surface area contributed by atoms with E-state index in [9.17, 15) is 14.4 Å². The van der Waals surface area contributed by atoms with Gasteiger partial charge in [0.25, 0.3) is 5.79 Å². The Morgan fingerprint density at radius 2 is 1.58 bits per heavy atom. The molecule has 2 fully saturated rings. The van der Waals surface area contributed by atoms with E-state index in [0.29, 0.717) is 22.8 Å². The van der Waals surface area contributed by atoms with Crippen LogP contribution in [0.5, 0.6) is 11.5 Å². The lowest BCUT2D eigenvalue weighted by molar-refractivity contribution is -0.256. The predicted molar refractivity (Wildman–Crippen MR) is 107 cm³/mol. The zero-order chi connectivity index (χ0) is 22.4. The standard InChI is InChI=1S/C23H24O8/c1-22(2)30-20(25)23(21(26)31-22)15(14-7-5-8-18(27-3)19(14)28-4)11-13(24)12-16(23)17-9-6-10-29-17/h5-10,15-16H,11-12H2,1-4H3/t15-,16+/m0/s1. The Balaban J connectivity index is 1.98. The largest absolute Gasteiger partial charge is 0.493 e. The fourth-order valence-electron chi connectivity index (χ4n) is 4.75. The van der Waals surface area contributed by atoms with Crippen LogP contribution >= 0.6 is 0 Å². The third-order valence-electron chi connectivity index (χ3n) is 6.01. The van der Waals surface area contributed by atoms with Crippen molar-refractivity contribution in [1.82, 2.24) is 0 Å². The number of hydrogen-bond acceptors (Lipinski definition) is 8. The van der Waals surface area contributed by atoms with Gasteiger partial charge in [0.05, 0.1) is 26.4 Å². The van der Waals surface area contributed by atoms with Gasteiger partial charge in [0, 0.05) is 38.2 Å². The van der Waals surface area contributed by atoms with E-state index in [1.54, 1.807) is 30.3 Å². The van der Waals surface area contributed by atoms with Crippen LogP contribution in [0.1, 0.15) is 49.8 Å². The van der Waals surface area contributed by atoms with E-state index < -0.39 is 35.0 Å². The van der Waals surface area contributed by atoms with Gasteiger partial charge in [-0.15, -0.1) is 0 Å². The number of methoxy groups -OCH3 is 2. The fourth-order valence-corrected chi connectivity index (χ4v) is 4.75. The van der Waals surface area contributed by atoms with Crippen LogP contribution in [0.15, 0.2) is 41.0 Å². The molecule has 1 spiro atoms. The van der Waals surface area contributed by atoms with Crippen molar-refractivity contribution in [2.45, 2.75) is 44.3 Å². The number of cyclic esters (lactones) is 2. The molecule has 1 aliphatic heterocycles. The Labute approximate surface area is 179 Å². The molecule has 1 aromatic heterocycles. The molecule has 8 nitrogen and oxygen atoms in total. The van der Waals surface area contributed by atoms with Crippen molar-refractivity contribution in [3.05, 3.63) is 47.9 Å². The number of benzene rings is 1. The maximum atomic E-state index is 13.6. The van der Waals surface area contributed by atoms with E-state index in [1.807, 2.05) is 0 Å². The minimum atomic E-state index is -1.82. The average Bonchev–Trinajstić information content (AvgIpc) is 3.25. The molecule has 0 N–H and O–H groups in total. The highest BCUT2D eigenvalue weighted by Crippen LogP contribution is 2.59. The maximum Gasteiger partial charge on any atom is 0.328 e. The summed E-state index contributed by atoms with van der Waals surface area (Å²) in [6, 6.07) is 8.42. The summed E-state index contributed by atoms with van der Waals surface area (Å²) in [5.74, 6) is -3.73. The zero-order valence-electron chi connectivity index (χ0n) is 17.8. The number of Topliss-reactive ketones (excluding diaryl/α,β-unsaturated/α-hetero) is 1. The number of ether oxygens (including phenoxy) is 4. The molecule has 31 heavy (non-hydrogen) atoms. The molecular formula is C23H24O8. The van der Waals surface area contributed by atoms with Crippen LogP contribution in [0.4, 0.5) is 0 Å². The number of furan rings is 1. The number of hydrogen-bond donors (Lipinski definition) is 0.